The average Bonchev–Trinajstić information content (AvgIpc) is 2.80. The van der Waals surface area contributed by atoms with Gasteiger partial charge in [-0.05, 0) is 11.6 Å². The van der Waals surface area contributed by atoms with Gasteiger partial charge in [0.05, 0.1) is 11.4 Å². The highest BCUT2D eigenvalue weighted by molar-refractivity contribution is 6.20. The van der Waals surface area contributed by atoms with Crippen LogP contribution in [-0.2, 0) is 11.2 Å². The van der Waals surface area contributed by atoms with E-state index in [0.29, 0.717) is 6.42 Å². The van der Waals surface area contributed by atoms with Gasteiger partial charge in [0.1, 0.15) is 6.04 Å². The van der Waals surface area contributed by atoms with Crippen molar-refractivity contribution in [2.24, 2.45) is 4.99 Å². The van der Waals surface area contributed by atoms with Gasteiger partial charge in [-0.25, -0.2) is 0 Å². The van der Waals surface area contributed by atoms with Crippen LogP contribution < -0.4 is 4.90 Å². The maximum Gasteiger partial charge on any atom is 0.251 e. The van der Waals surface area contributed by atoms with Crippen molar-refractivity contribution in [2.75, 3.05) is 11.9 Å². The number of fused-ring (bicyclic) bond motifs is 1. The molecule has 0 spiro atoms. The molecule has 26 heavy (non-hydrogen) atoms. The summed E-state index contributed by atoms with van der Waals surface area (Å²) in [7, 11) is 1.84. The molecule has 1 amide bonds. The van der Waals surface area contributed by atoms with Gasteiger partial charge < -0.3 is 4.90 Å². The Kier molecular flexibility index (Phi) is 4.36. The standard InChI is InChI=1S/C23H20N2O/c1-25-21-15-9-8-14-19(21)22(18-12-6-3-7-13-18)24-20(23(25)26)16-17-10-4-2-5-11-17/h2-15,20H,16H2,1H3/t20-/m1/s1. The SMILES string of the molecule is CN1C(=O)[C@@H](Cc2ccccc2)N=C(c2ccccc2)c2ccccc21. The maximum absolute atomic E-state index is 13.1. The molecule has 0 saturated carbocycles. The lowest BCUT2D eigenvalue weighted by Gasteiger charge is -2.20. The lowest BCUT2D eigenvalue weighted by atomic mass is 10.0. The predicted octanol–water partition coefficient (Wildman–Crippen LogP) is 4.11. The molecule has 0 N–H and O–H groups in total. The topological polar surface area (TPSA) is 32.7 Å². The van der Waals surface area contributed by atoms with Crippen LogP contribution in [0.4, 0.5) is 5.69 Å². The summed E-state index contributed by atoms with van der Waals surface area (Å²) < 4.78 is 0. The van der Waals surface area contributed by atoms with Gasteiger partial charge in [-0.1, -0.05) is 78.9 Å². The van der Waals surface area contributed by atoms with Crippen LogP contribution >= 0.6 is 0 Å². The summed E-state index contributed by atoms with van der Waals surface area (Å²) in [5, 5.41) is 0. The summed E-state index contributed by atoms with van der Waals surface area (Å²) >= 11 is 0. The van der Waals surface area contributed by atoms with Crippen molar-refractivity contribution in [3.63, 3.8) is 0 Å². The lowest BCUT2D eigenvalue weighted by Crippen LogP contribution is -2.36. The summed E-state index contributed by atoms with van der Waals surface area (Å²) in [6.07, 6.45) is 0.592. The van der Waals surface area contributed by atoms with Crippen molar-refractivity contribution in [1.82, 2.24) is 0 Å². The van der Waals surface area contributed by atoms with E-state index in [2.05, 4.69) is 0 Å². The Morgan fingerprint density at radius 2 is 1.46 bits per heavy atom. The molecule has 3 heteroatoms. The molecule has 3 aromatic carbocycles. The van der Waals surface area contributed by atoms with E-state index < -0.39 is 6.04 Å². The molecule has 0 unspecified atom stereocenters. The van der Waals surface area contributed by atoms with E-state index in [1.807, 2.05) is 92.0 Å². The normalized spacial score (nSPS) is 16.7. The molecule has 0 saturated heterocycles. The van der Waals surface area contributed by atoms with E-state index in [-0.39, 0.29) is 5.91 Å². The van der Waals surface area contributed by atoms with Gasteiger partial charge >= 0.3 is 0 Å². The number of hydrogen-bond acceptors (Lipinski definition) is 2. The molecule has 0 radical (unpaired) electrons. The first-order valence-corrected chi connectivity index (χ1v) is 8.78. The largest absolute Gasteiger partial charge is 0.313 e. The first-order chi connectivity index (χ1) is 12.7. The molecule has 0 bridgehead atoms. The number of anilines is 1. The van der Waals surface area contributed by atoms with Gasteiger partial charge in [-0.15, -0.1) is 0 Å². The fraction of sp³-hybridized carbons (Fsp3) is 0.130. The van der Waals surface area contributed by atoms with Crippen LogP contribution in [0.15, 0.2) is 89.9 Å². The molecule has 1 atom stereocenters. The quantitative estimate of drug-likeness (QED) is 0.706. The van der Waals surface area contributed by atoms with E-state index in [1.54, 1.807) is 4.90 Å². The van der Waals surface area contributed by atoms with E-state index >= 15 is 0 Å². The minimum Gasteiger partial charge on any atom is -0.313 e. The number of benzodiazepines with no additional fused rings is 1. The number of carbonyl (C=O) groups excluding carboxylic acids is 1. The number of para-hydroxylation sites is 1. The van der Waals surface area contributed by atoms with E-state index in [9.17, 15) is 4.79 Å². The second-order valence-corrected chi connectivity index (χ2v) is 6.46. The lowest BCUT2D eigenvalue weighted by molar-refractivity contribution is -0.119. The number of nitrogens with zero attached hydrogens (tertiary/aromatic N) is 2. The number of amides is 1. The highest BCUT2D eigenvalue weighted by Gasteiger charge is 2.29. The molecule has 1 aliphatic heterocycles. The third-order valence-electron chi connectivity index (χ3n) is 4.74. The van der Waals surface area contributed by atoms with E-state index in [1.165, 1.54) is 0 Å². The maximum atomic E-state index is 13.1. The number of aliphatic imine (C=N–C) groups is 1. The average molecular weight is 340 g/mol. The molecular formula is C23H20N2O. The predicted molar refractivity (Wildman–Crippen MR) is 106 cm³/mol. The molecule has 0 aromatic heterocycles. The highest BCUT2D eigenvalue weighted by atomic mass is 16.2. The summed E-state index contributed by atoms with van der Waals surface area (Å²) in [4.78, 5) is 19.8. The summed E-state index contributed by atoms with van der Waals surface area (Å²) in [6, 6.07) is 27.7. The monoisotopic (exact) mass is 340 g/mol. The van der Waals surface area contributed by atoms with Gasteiger partial charge in [0, 0.05) is 24.6 Å². The minimum absolute atomic E-state index is 0.0206. The second-order valence-electron chi connectivity index (χ2n) is 6.46. The molecule has 1 heterocycles. The zero-order valence-electron chi connectivity index (χ0n) is 14.7. The summed E-state index contributed by atoms with van der Waals surface area (Å²) in [6.45, 7) is 0. The molecule has 3 aromatic rings. The Balaban J connectivity index is 1.85. The van der Waals surface area contributed by atoms with Crippen LogP contribution in [0.3, 0.4) is 0 Å². The molecule has 1 aliphatic rings. The van der Waals surface area contributed by atoms with Gasteiger partial charge in [0.2, 0.25) is 0 Å². The van der Waals surface area contributed by atoms with Crippen molar-refractivity contribution in [3.05, 3.63) is 102 Å². The van der Waals surface area contributed by atoms with Gasteiger partial charge in [0.25, 0.3) is 5.91 Å². The Labute approximate surface area is 153 Å². The zero-order valence-corrected chi connectivity index (χ0v) is 14.7. The molecule has 0 aliphatic carbocycles. The number of hydrogen-bond donors (Lipinski definition) is 0. The Morgan fingerprint density at radius 1 is 0.846 bits per heavy atom. The smallest absolute Gasteiger partial charge is 0.251 e. The number of carbonyl (C=O) groups is 1. The fourth-order valence-corrected chi connectivity index (χ4v) is 3.39. The van der Waals surface area contributed by atoms with E-state index in [0.717, 1.165) is 28.1 Å². The number of benzene rings is 3. The Bertz CT molecular complexity index is 948. The molecule has 128 valence electrons. The number of rotatable bonds is 3. The van der Waals surface area contributed by atoms with Crippen LogP contribution in [0, 0.1) is 0 Å². The van der Waals surface area contributed by atoms with Crippen LogP contribution in [0.25, 0.3) is 0 Å². The molecular weight excluding hydrogens is 320 g/mol. The van der Waals surface area contributed by atoms with Gasteiger partial charge in [-0.3, -0.25) is 9.79 Å². The number of likely N-dealkylation sites (N-methyl/N-ethyl adjacent to an activating group) is 1. The highest BCUT2D eigenvalue weighted by Crippen LogP contribution is 2.28. The van der Waals surface area contributed by atoms with E-state index in [4.69, 9.17) is 4.99 Å². The van der Waals surface area contributed by atoms with Crippen LogP contribution in [0.2, 0.25) is 0 Å². The molecule has 3 nitrogen and oxygen atoms in total. The minimum atomic E-state index is -0.440. The Morgan fingerprint density at radius 3 is 2.19 bits per heavy atom. The molecule has 0 fully saturated rings. The van der Waals surface area contributed by atoms with Crippen molar-refractivity contribution in [2.45, 2.75) is 12.5 Å². The van der Waals surface area contributed by atoms with Crippen LogP contribution in [0.1, 0.15) is 16.7 Å². The second kappa shape index (κ2) is 6.96. The van der Waals surface area contributed by atoms with Crippen molar-refractivity contribution < 1.29 is 4.79 Å². The van der Waals surface area contributed by atoms with Gasteiger partial charge in [0.15, 0.2) is 0 Å². The summed E-state index contributed by atoms with van der Waals surface area (Å²) in [5.74, 6) is 0.0206. The third-order valence-corrected chi connectivity index (χ3v) is 4.74. The first kappa shape index (κ1) is 16.3. The fourth-order valence-electron chi connectivity index (χ4n) is 3.39. The zero-order chi connectivity index (χ0) is 17.9. The van der Waals surface area contributed by atoms with Crippen molar-refractivity contribution >= 4 is 17.3 Å². The van der Waals surface area contributed by atoms with Crippen LogP contribution in [0.5, 0.6) is 0 Å². The third kappa shape index (κ3) is 3.04. The first-order valence-electron chi connectivity index (χ1n) is 8.78. The van der Waals surface area contributed by atoms with Crippen molar-refractivity contribution in [3.8, 4) is 0 Å². The Hall–Kier alpha value is -3.20. The van der Waals surface area contributed by atoms with Crippen molar-refractivity contribution in [1.29, 1.82) is 0 Å². The van der Waals surface area contributed by atoms with Crippen LogP contribution in [-0.4, -0.2) is 24.7 Å². The summed E-state index contributed by atoms with van der Waals surface area (Å²) in [5.41, 5.74) is 4.91. The molecule has 4 rings (SSSR count). The van der Waals surface area contributed by atoms with Gasteiger partial charge in [-0.2, -0.15) is 0 Å².